The largest absolute Gasteiger partial charge is 0.376 e. The average Bonchev–Trinajstić information content (AvgIpc) is 2.16. The first-order valence-corrected chi connectivity index (χ1v) is 4.75. The van der Waals surface area contributed by atoms with Crippen LogP contribution < -0.4 is 11.1 Å². The van der Waals surface area contributed by atoms with E-state index in [4.69, 9.17) is 17.3 Å². The van der Waals surface area contributed by atoms with Crippen molar-refractivity contribution in [1.82, 2.24) is 5.32 Å². The van der Waals surface area contributed by atoms with Crippen LogP contribution >= 0.6 is 23.8 Å². The molecule has 1 rings (SSSR count). The molecule has 3 N–H and O–H groups in total. The number of halogens is 1. The van der Waals surface area contributed by atoms with Gasteiger partial charge in [-0.2, -0.15) is 0 Å². The van der Waals surface area contributed by atoms with Gasteiger partial charge in [-0.15, -0.1) is 0 Å². The molecule has 0 unspecified atom stereocenters. The molecule has 0 spiro atoms. The molecular formula is C8H6ClN3O3S. The number of nitrogens with two attached hydrogens (primary N) is 1. The monoisotopic (exact) mass is 259 g/mol. The predicted octanol–water partition coefficient (Wildman–Crippen LogP) is 1.22. The van der Waals surface area contributed by atoms with E-state index in [2.05, 4.69) is 17.5 Å². The van der Waals surface area contributed by atoms with Crippen LogP contribution in [-0.2, 0) is 0 Å². The Morgan fingerprint density at radius 1 is 1.56 bits per heavy atom. The number of thiocarbonyl (C=S) groups is 1. The van der Waals surface area contributed by atoms with Crippen molar-refractivity contribution >= 4 is 40.5 Å². The number of carbonyl (C=O) groups is 1. The topological polar surface area (TPSA) is 98.3 Å². The van der Waals surface area contributed by atoms with Gasteiger partial charge in [-0.1, -0.05) is 11.6 Å². The second-order valence-electron chi connectivity index (χ2n) is 2.74. The molecule has 0 aliphatic rings. The SMILES string of the molecule is NC(=S)NC(=O)c1cc([N+](=O)[O-])ccc1Cl. The zero-order valence-corrected chi connectivity index (χ0v) is 9.34. The number of rotatable bonds is 2. The van der Waals surface area contributed by atoms with E-state index in [1.807, 2.05) is 0 Å². The van der Waals surface area contributed by atoms with E-state index >= 15 is 0 Å². The molecule has 0 fully saturated rings. The summed E-state index contributed by atoms with van der Waals surface area (Å²) in [4.78, 5) is 21.3. The van der Waals surface area contributed by atoms with Gasteiger partial charge in [-0.25, -0.2) is 0 Å². The van der Waals surface area contributed by atoms with Crippen LogP contribution in [0, 0.1) is 10.1 Å². The summed E-state index contributed by atoms with van der Waals surface area (Å²) in [5, 5.41) is 12.5. The zero-order chi connectivity index (χ0) is 12.3. The van der Waals surface area contributed by atoms with Crippen molar-refractivity contribution in [2.45, 2.75) is 0 Å². The zero-order valence-electron chi connectivity index (χ0n) is 7.77. The molecule has 6 nitrogen and oxygen atoms in total. The number of nitro groups is 1. The third-order valence-electron chi connectivity index (χ3n) is 1.64. The van der Waals surface area contributed by atoms with E-state index in [0.29, 0.717) is 0 Å². The van der Waals surface area contributed by atoms with Crippen molar-refractivity contribution in [1.29, 1.82) is 0 Å². The Bertz CT molecular complexity index is 478. The number of hydrogen-bond acceptors (Lipinski definition) is 4. The van der Waals surface area contributed by atoms with Crippen LogP contribution in [0.3, 0.4) is 0 Å². The van der Waals surface area contributed by atoms with Gasteiger partial charge in [0, 0.05) is 12.1 Å². The quantitative estimate of drug-likeness (QED) is 0.473. The molecule has 0 atom stereocenters. The molecule has 1 aromatic rings. The van der Waals surface area contributed by atoms with Gasteiger partial charge in [0.15, 0.2) is 5.11 Å². The van der Waals surface area contributed by atoms with Gasteiger partial charge in [0.05, 0.1) is 15.5 Å². The van der Waals surface area contributed by atoms with Gasteiger partial charge >= 0.3 is 0 Å². The second kappa shape index (κ2) is 4.86. The van der Waals surface area contributed by atoms with Crippen LogP contribution in [0.2, 0.25) is 5.02 Å². The molecule has 8 heteroatoms. The number of nitro benzene ring substituents is 1. The molecule has 0 saturated carbocycles. The molecule has 16 heavy (non-hydrogen) atoms. The van der Waals surface area contributed by atoms with Gasteiger partial charge in [0.25, 0.3) is 11.6 Å². The number of nitrogens with one attached hydrogen (secondary N) is 1. The molecule has 0 aliphatic carbocycles. The number of benzene rings is 1. The highest BCUT2D eigenvalue weighted by Gasteiger charge is 2.15. The normalized spacial score (nSPS) is 9.56. The fraction of sp³-hybridized carbons (Fsp3) is 0. The van der Waals surface area contributed by atoms with Crippen LogP contribution in [-0.4, -0.2) is 15.9 Å². The van der Waals surface area contributed by atoms with Gasteiger partial charge in [0.2, 0.25) is 0 Å². The maximum absolute atomic E-state index is 11.5. The Balaban J connectivity index is 3.11. The Morgan fingerprint density at radius 2 is 2.19 bits per heavy atom. The number of non-ortho nitro benzene ring substituents is 1. The highest BCUT2D eigenvalue weighted by atomic mass is 35.5. The second-order valence-corrected chi connectivity index (χ2v) is 3.59. The van der Waals surface area contributed by atoms with E-state index in [9.17, 15) is 14.9 Å². The number of nitrogens with zero attached hydrogens (tertiary/aromatic N) is 1. The summed E-state index contributed by atoms with van der Waals surface area (Å²) >= 11 is 10.2. The minimum atomic E-state index is -0.679. The highest BCUT2D eigenvalue weighted by molar-refractivity contribution is 7.80. The summed E-state index contributed by atoms with van der Waals surface area (Å²) in [7, 11) is 0. The van der Waals surface area contributed by atoms with E-state index in [-0.39, 0.29) is 21.4 Å². The summed E-state index contributed by atoms with van der Waals surface area (Å²) < 4.78 is 0. The molecule has 0 aliphatic heterocycles. The maximum Gasteiger partial charge on any atom is 0.270 e. The van der Waals surface area contributed by atoms with Crippen LogP contribution in [0.25, 0.3) is 0 Å². The van der Waals surface area contributed by atoms with E-state index in [1.54, 1.807) is 0 Å². The number of hydrogen-bond donors (Lipinski definition) is 2. The lowest BCUT2D eigenvalue weighted by atomic mass is 10.2. The van der Waals surface area contributed by atoms with Gasteiger partial charge < -0.3 is 5.73 Å². The molecule has 1 aromatic carbocycles. The number of amides is 1. The standard InChI is InChI=1S/C8H6ClN3O3S/c9-6-2-1-4(12(14)15)3-5(6)7(13)11-8(10)16/h1-3H,(H3,10,11,13,16). The van der Waals surface area contributed by atoms with Crippen molar-refractivity contribution in [3.05, 3.63) is 38.9 Å². The molecule has 0 saturated heterocycles. The van der Waals surface area contributed by atoms with E-state index < -0.39 is 10.8 Å². The third-order valence-corrected chi connectivity index (χ3v) is 2.07. The van der Waals surface area contributed by atoms with Crippen molar-refractivity contribution < 1.29 is 9.72 Å². The third kappa shape index (κ3) is 2.88. The van der Waals surface area contributed by atoms with Crippen LogP contribution in [0.1, 0.15) is 10.4 Å². The van der Waals surface area contributed by atoms with Gasteiger partial charge in [0.1, 0.15) is 0 Å². The first kappa shape index (κ1) is 12.3. The predicted molar refractivity (Wildman–Crippen MR) is 62.4 cm³/mol. The number of carbonyl (C=O) groups excluding carboxylic acids is 1. The molecule has 0 aromatic heterocycles. The van der Waals surface area contributed by atoms with E-state index in [0.717, 1.165) is 6.07 Å². The average molecular weight is 260 g/mol. The Morgan fingerprint density at radius 3 is 2.69 bits per heavy atom. The smallest absolute Gasteiger partial charge is 0.270 e. The first-order valence-electron chi connectivity index (χ1n) is 3.96. The summed E-state index contributed by atoms with van der Waals surface area (Å²) in [5.74, 6) is -0.679. The van der Waals surface area contributed by atoms with Crippen molar-refractivity contribution in [3.63, 3.8) is 0 Å². The summed E-state index contributed by atoms with van der Waals surface area (Å²) in [6, 6.07) is 3.50. The van der Waals surface area contributed by atoms with Crippen LogP contribution in [0.4, 0.5) is 5.69 Å². The highest BCUT2D eigenvalue weighted by Crippen LogP contribution is 2.21. The summed E-state index contributed by atoms with van der Waals surface area (Å²) in [5.41, 5.74) is 4.81. The lowest BCUT2D eigenvalue weighted by Gasteiger charge is -2.04. The Labute approximate surface area is 101 Å². The Hall–Kier alpha value is -1.73. The van der Waals surface area contributed by atoms with Gasteiger partial charge in [-0.05, 0) is 18.3 Å². The summed E-state index contributed by atoms with van der Waals surface area (Å²) in [6.45, 7) is 0. The van der Waals surface area contributed by atoms with Gasteiger partial charge in [-0.3, -0.25) is 20.2 Å². The summed E-state index contributed by atoms with van der Waals surface area (Å²) in [6.07, 6.45) is 0. The Kier molecular flexibility index (Phi) is 3.75. The first-order chi connectivity index (χ1) is 7.41. The van der Waals surface area contributed by atoms with Crippen molar-refractivity contribution in [2.24, 2.45) is 5.73 Å². The van der Waals surface area contributed by atoms with Crippen molar-refractivity contribution in [2.75, 3.05) is 0 Å². The van der Waals surface area contributed by atoms with Crippen LogP contribution in [0.5, 0.6) is 0 Å². The lowest BCUT2D eigenvalue weighted by molar-refractivity contribution is -0.384. The fourth-order valence-corrected chi connectivity index (χ4v) is 1.28. The van der Waals surface area contributed by atoms with E-state index in [1.165, 1.54) is 12.1 Å². The minimum absolute atomic E-state index is 0.0522. The molecule has 0 bridgehead atoms. The maximum atomic E-state index is 11.5. The molecular weight excluding hydrogens is 254 g/mol. The molecule has 1 amide bonds. The fourth-order valence-electron chi connectivity index (χ4n) is 0.980. The lowest BCUT2D eigenvalue weighted by Crippen LogP contribution is -2.34. The molecule has 84 valence electrons. The van der Waals surface area contributed by atoms with Crippen molar-refractivity contribution in [3.8, 4) is 0 Å². The molecule has 0 heterocycles. The minimum Gasteiger partial charge on any atom is -0.376 e. The van der Waals surface area contributed by atoms with Crippen LogP contribution in [0.15, 0.2) is 18.2 Å². The molecule has 0 radical (unpaired) electrons.